The number of benzene rings is 3. The highest BCUT2D eigenvalue weighted by Gasteiger charge is 2.13. The first-order chi connectivity index (χ1) is 12.5. The van der Waals surface area contributed by atoms with E-state index in [1.807, 2.05) is 61.5 Å². The zero-order chi connectivity index (χ0) is 18.4. The van der Waals surface area contributed by atoms with Gasteiger partial charge in [0.15, 0.2) is 0 Å². The van der Waals surface area contributed by atoms with Crippen LogP contribution in [-0.2, 0) is 16.4 Å². The van der Waals surface area contributed by atoms with Crippen LogP contribution in [0, 0.1) is 6.92 Å². The minimum absolute atomic E-state index is 0.225. The molecule has 0 heterocycles. The van der Waals surface area contributed by atoms with E-state index in [9.17, 15) is 8.42 Å². The Kier molecular flexibility index (Phi) is 5.71. The number of sulfonamides is 1. The fraction of sp³-hybridized carbons (Fsp3) is 0.143. The number of para-hydroxylation sites is 1. The molecule has 0 radical (unpaired) electrons. The monoisotopic (exact) mass is 367 g/mol. The first kappa shape index (κ1) is 18.2. The van der Waals surface area contributed by atoms with Crippen molar-refractivity contribution in [1.29, 1.82) is 0 Å². The molecule has 3 rings (SSSR count). The fourth-order valence-corrected chi connectivity index (χ4v) is 3.57. The van der Waals surface area contributed by atoms with Crippen molar-refractivity contribution in [2.45, 2.75) is 18.2 Å². The second-order valence-corrected chi connectivity index (χ2v) is 7.74. The van der Waals surface area contributed by atoms with E-state index in [0.29, 0.717) is 18.7 Å². The maximum absolute atomic E-state index is 12.4. The van der Waals surface area contributed by atoms with E-state index in [4.69, 9.17) is 4.74 Å². The van der Waals surface area contributed by atoms with Gasteiger partial charge in [-0.05, 0) is 54.8 Å². The molecule has 0 unspecified atom stereocenters. The zero-order valence-corrected chi connectivity index (χ0v) is 15.4. The molecule has 0 aromatic heterocycles. The molecule has 0 atom stereocenters. The van der Waals surface area contributed by atoms with E-state index in [2.05, 4.69) is 4.72 Å². The number of rotatable bonds is 7. The normalized spacial score (nSPS) is 11.3. The summed E-state index contributed by atoms with van der Waals surface area (Å²) in [6.45, 7) is 2.32. The molecule has 3 aromatic carbocycles. The molecule has 0 amide bonds. The molecular weight excluding hydrogens is 346 g/mol. The molecule has 0 aliphatic carbocycles. The third-order valence-electron chi connectivity index (χ3n) is 4.00. The van der Waals surface area contributed by atoms with Crippen LogP contribution in [-0.4, -0.2) is 15.0 Å². The fourth-order valence-electron chi connectivity index (χ4n) is 2.54. The Bertz CT molecular complexity index is 952. The zero-order valence-electron chi connectivity index (χ0n) is 14.6. The number of ether oxygens (including phenoxy) is 1. The molecule has 3 aromatic rings. The van der Waals surface area contributed by atoms with Crippen molar-refractivity contribution in [2.75, 3.05) is 6.54 Å². The molecule has 0 bridgehead atoms. The van der Waals surface area contributed by atoms with Crippen molar-refractivity contribution in [2.24, 2.45) is 0 Å². The van der Waals surface area contributed by atoms with Gasteiger partial charge in [0.05, 0.1) is 4.90 Å². The van der Waals surface area contributed by atoms with E-state index in [1.54, 1.807) is 24.3 Å². The predicted octanol–water partition coefficient (Wildman–Crippen LogP) is 4.31. The largest absolute Gasteiger partial charge is 0.457 e. The molecule has 0 spiro atoms. The van der Waals surface area contributed by atoms with E-state index in [-0.39, 0.29) is 4.90 Å². The highest BCUT2D eigenvalue weighted by molar-refractivity contribution is 7.89. The molecule has 0 saturated heterocycles. The smallest absolute Gasteiger partial charge is 0.240 e. The third-order valence-corrected chi connectivity index (χ3v) is 5.48. The molecule has 0 fully saturated rings. The van der Waals surface area contributed by atoms with Crippen LogP contribution in [0.3, 0.4) is 0 Å². The lowest BCUT2D eigenvalue weighted by atomic mass is 10.2. The standard InChI is InChI=1S/C21H21NO3S/c1-17-7-5-6-10-21(17)25-19-11-13-20(14-12-19)26(23,24)22-16-15-18-8-3-2-4-9-18/h2-14,22H,15-16H2,1H3. The Balaban J connectivity index is 1.62. The number of hydrogen-bond donors (Lipinski definition) is 1. The summed E-state index contributed by atoms with van der Waals surface area (Å²) in [4.78, 5) is 0.225. The van der Waals surface area contributed by atoms with E-state index < -0.39 is 10.0 Å². The summed E-state index contributed by atoms with van der Waals surface area (Å²) in [5.41, 5.74) is 2.11. The average Bonchev–Trinajstić information content (AvgIpc) is 2.65. The van der Waals surface area contributed by atoms with Gasteiger partial charge in [0.1, 0.15) is 11.5 Å². The van der Waals surface area contributed by atoms with Gasteiger partial charge in [-0.1, -0.05) is 48.5 Å². The van der Waals surface area contributed by atoms with Crippen molar-refractivity contribution in [3.8, 4) is 11.5 Å². The lowest BCUT2D eigenvalue weighted by Gasteiger charge is -2.10. The van der Waals surface area contributed by atoms with Gasteiger partial charge in [-0.3, -0.25) is 0 Å². The second kappa shape index (κ2) is 8.17. The van der Waals surface area contributed by atoms with Gasteiger partial charge in [0.25, 0.3) is 0 Å². The number of aryl methyl sites for hydroxylation is 1. The molecule has 0 aliphatic rings. The topological polar surface area (TPSA) is 55.4 Å². The predicted molar refractivity (Wildman–Crippen MR) is 103 cm³/mol. The first-order valence-electron chi connectivity index (χ1n) is 8.42. The summed E-state index contributed by atoms with van der Waals surface area (Å²) < 4.78 is 33.2. The van der Waals surface area contributed by atoms with Gasteiger partial charge in [0.2, 0.25) is 10.0 Å². The maximum atomic E-state index is 12.4. The molecule has 4 nitrogen and oxygen atoms in total. The summed E-state index contributed by atoms with van der Waals surface area (Å²) >= 11 is 0. The summed E-state index contributed by atoms with van der Waals surface area (Å²) in [5.74, 6) is 1.35. The van der Waals surface area contributed by atoms with Crippen molar-refractivity contribution in [3.63, 3.8) is 0 Å². The maximum Gasteiger partial charge on any atom is 0.240 e. The first-order valence-corrected chi connectivity index (χ1v) is 9.90. The molecule has 1 N–H and O–H groups in total. The van der Waals surface area contributed by atoms with Crippen molar-refractivity contribution in [1.82, 2.24) is 4.72 Å². The van der Waals surface area contributed by atoms with Crippen LogP contribution in [0.4, 0.5) is 0 Å². The molecule has 26 heavy (non-hydrogen) atoms. The van der Waals surface area contributed by atoms with Crippen molar-refractivity contribution < 1.29 is 13.2 Å². The third kappa shape index (κ3) is 4.71. The quantitative estimate of drug-likeness (QED) is 0.677. The Hall–Kier alpha value is -2.63. The van der Waals surface area contributed by atoms with Crippen molar-refractivity contribution in [3.05, 3.63) is 90.0 Å². The minimum atomic E-state index is -3.53. The summed E-state index contributed by atoms with van der Waals surface area (Å²) in [6, 6.07) is 23.9. The van der Waals surface area contributed by atoms with E-state index >= 15 is 0 Å². The Morgan fingerprint density at radius 3 is 2.19 bits per heavy atom. The number of nitrogens with one attached hydrogen (secondary N) is 1. The van der Waals surface area contributed by atoms with Gasteiger partial charge in [-0.2, -0.15) is 0 Å². The molecule has 134 valence electrons. The Morgan fingerprint density at radius 1 is 0.846 bits per heavy atom. The summed E-state index contributed by atoms with van der Waals surface area (Å²) in [6.07, 6.45) is 0.647. The molecule has 0 aliphatic heterocycles. The SMILES string of the molecule is Cc1ccccc1Oc1ccc(S(=O)(=O)NCCc2ccccc2)cc1. The van der Waals surface area contributed by atoms with Gasteiger partial charge < -0.3 is 4.74 Å². The lowest BCUT2D eigenvalue weighted by Crippen LogP contribution is -2.25. The van der Waals surface area contributed by atoms with Crippen molar-refractivity contribution >= 4 is 10.0 Å². The highest BCUT2D eigenvalue weighted by Crippen LogP contribution is 2.25. The Morgan fingerprint density at radius 2 is 1.50 bits per heavy atom. The molecular formula is C21H21NO3S. The summed E-state index contributed by atoms with van der Waals surface area (Å²) in [7, 11) is -3.53. The van der Waals surface area contributed by atoms with Crippen LogP contribution in [0.15, 0.2) is 83.8 Å². The van der Waals surface area contributed by atoms with E-state index in [1.165, 1.54) is 0 Å². The van der Waals surface area contributed by atoms with Gasteiger partial charge in [-0.15, -0.1) is 0 Å². The van der Waals surface area contributed by atoms with Crippen LogP contribution in [0.5, 0.6) is 11.5 Å². The van der Waals surface area contributed by atoms with Gasteiger partial charge in [-0.25, -0.2) is 13.1 Å². The lowest BCUT2D eigenvalue weighted by molar-refractivity contribution is 0.478. The highest BCUT2D eigenvalue weighted by atomic mass is 32.2. The van der Waals surface area contributed by atoms with E-state index in [0.717, 1.165) is 16.9 Å². The van der Waals surface area contributed by atoms with Crippen LogP contribution in [0.2, 0.25) is 0 Å². The van der Waals surface area contributed by atoms with Crippen LogP contribution in [0.25, 0.3) is 0 Å². The Labute approximate surface area is 154 Å². The number of hydrogen-bond acceptors (Lipinski definition) is 3. The van der Waals surface area contributed by atoms with Gasteiger partial charge in [0, 0.05) is 6.54 Å². The summed E-state index contributed by atoms with van der Waals surface area (Å²) in [5, 5.41) is 0. The van der Waals surface area contributed by atoms with Crippen LogP contribution < -0.4 is 9.46 Å². The molecule has 0 saturated carbocycles. The van der Waals surface area contributed by atoms with Gasteiger partial charge >= 0.3 is 0 Å². The second-order valence-electron chi connectivity index (χ2n) is 5.97. The average molecular weight is 367 g/mol. The van der Waals surface area contributed by atoms with Crippen LogP contribution >= 0.6 is 0 Å². The minimum Gasteiger partial charge on any atom is -0.457 e. The van der Waals surface area contributed by atoms with Crippen LogP contribution in [0.1, 0.15) is 11.1 Å². The molecule has 5 heteroatoms.